The predicted molar refractivity (Wildman–Crippen MR) is 69.9 cm³/mol. The molecule has 0 aromatic carbocycles. The summed E-state index contributed by atoms with van der Waals surface area (Å²) in [5.74, 6) is -0.688. The maximum Gasteiger partial charge on any atom is 0.356 e. The Bertz CT molecular complexity index is 662. The molecule has 0 bridgehead atoms. The van der Waals surface area contributed by atoms with Gasteiger partial charge in [0, 0.05) is 31.7 Å². The number of carboxylic acids is 1. The van der Waals surface area contributed by atoms with Crippen LogP contribution in [-0.4, -0.2) is 57.9 Å². The number of amides is 1. The molecule has 0 aliphatic carbocycles. The van der Waals surface area contributed by atoms with E-state index in [1.165, 1.54) is 11.3 Å². The average molecular weight is 280 g/mol. The van der Waals surface area contributed by atoms with Gasteiger partial charge in [-0.15, -0.1) is 11.3 Å². The van der Waals surface area contributed by atoms with Crippen molar-refractivity contribution < 1.29 is 14.7 Å². The molecule has 3 rings (SSSR count). The van der Waals surface area contributed by atoms with Crippen LogP contribution in [0.4, 0.5) is 5.82 Å². The van der Waals surface area contributed by atoms with E-state index in [4.69, 9.17) is 0 Å². The minimum Gasteiger partial charge on any atom is -0.476 e. The van der Waals surface area contributed by atoms with Gasteiger partial charge in [-0.25, -0.2) is 9.78 Å². The second kappa shape index (κ2) is 4.23. The number of likely N-dealkylation sites (N-methyl/N-ethyl adjacent to an activating group) is 1. The standard InChI is InChI=1S/C11H12N4O3S/c1-13-2-3-14(6-7(13)16)9-8(10(17)18)15-4-5-19-11(15)12-9/h4-5H,2-3,6H2,1H3,(H,17,18). The summed E-state index contributed by atoms with van der Waals surface area (Å²) in [4.78, 5) is 31.4. The lowest BCUT2D eigenvalue weighted by Gasteiger charge is -2.32. The monoisotopic (exact) mass is 280 g/mol. The van der Waals surface area contributed by atoms with E-state index in [1.807, 2.05) is 0 Å². The first-order valence-electron chi connectivity index (χ1n) is 5.75. The van der Waals surface area contributed by atoms with Crippen LogP contribution in [0.2, 0.25) is 0 Å². The van der Waals surface area contributed by atoms with Crippen LogP contribution in [0.25, 0.3) is 4.96 Å². The van der Waals surface area contributed by atoms with Crippen LogP contribution < -0.4 is 4.90 Å². The maximum atomic E-state index is 11.7. The normalized spacial score (nSPS) is 16.4. The molecule has 1 aliphatic heterocycles. The Morgan fingerprint density at radius 2 is 2.26 bits per heavy atom. The third-order valence-corrected chi connectivity index (χ3v) is 3.96. The van der Waals surface area contributed by atoms with E-state index < -0.39 is 5.97 Å². The molecule has 19 heavy (non-hydrogen) atoms. The number of nitrogens with zero attached hydrogens (tertiary/aromatic N) is 4. The molecular formula is C11H12N4O3S. The Morgan fingerprint density at radius 1 is 1.47 bits per heavy atom. The molecule has 2 aromatic rings. The fourth-order valence-corrected chi connectivity index (χ4v) is 2.84. The van der Waals surface area contributed by atoms with Crippen molar-refractivity contribution >= 4 is 34.0 Å². The minimum atomic E-state index is -1.03. The number of anilines is 1. The van der Waals surface area contributed by atoms with Gasteiger partial charge in [0.15, 0.2) is 16.5 Å². The Morgan fingerprint density at radius 3 is 2.95 bits per heavy atom. The molecule has 0 saturated carbocycles. The molecule has 0 radical (unpaired) electrons. The molecule has 0 unspecified atom stereocenters. The Labute approximate surface area is 112 Å². The van der Waals surface area contributed by atoms with Gasteiger partial charge in [-0.2, -0.15) is 0 Å². The van der Waals surface area contributed by atoms with Gasteiger partial charge in [0.25, 0.3) is 0 Å². The molecular weight excluding hydrogens is 268 g/mol. The smallest absolute Gasteiger partial charge is 0.356 e. The van der Waals surface area contributed by atoms with E-state index in [2.05, 4.69) is 4.98 Å². The van der Waals surface area contributed by atoms with Crippen molar-refractivity contribution in [2.45, 2.75) is 0 Å². The Balaban J connectivity index is 2.05. The number of carbonyl (C=O) groups excluding carboxylic acids is 1. The van der Waals surface area contributed by atoms with E-state index in [9.17, 15) is 14.7 Å². The lowest BCUT2D eigenvalue weighted by atomic mass is 10.3. The predicted octanol–water partition coefficient (Wildman–Crippen LogP) is 0.372. The van der Waals surface area contributed by atoms with Crippen molar-refractivity contribution in [3.63, 3.8) is 0 Å². The van der Waals surface area contributed by atoms with E-state index in [0.29, 0.717) is 23.9 Å². The first-order chi connectivity index (χ1) is 9.08. The molecule has 2 aromatic heterocycles. The van der Waals surface area contributed by atoms with E-state index >= 15 is 0 Å². The van der Waals surface area contributed by atoms with Gasteiger partial charge in [-0.3, -0.25) is 9.20 Å². The third-order valence-electron chi connectivity index (χ3n) is 3.20. The van der Waals surface area contributed by atoms with Crippen LogP contribution in [0.15, 0.2) is 11.6 Å². The summed E-state index contributed by atoms with van der Waals surface area (Å²) in [7, 11) is 1.74. The fourth-order valence-electron chi connectivity index (χ4n) is 2.13. The van der Waals surface area contributed by atoms with Crippen molar-refractivity contribution in [1.82, 2.24) is 14.3 Å². The number of imidazole rings is 1. The number of hydrogen-bond acceptors (Lipinski definition) is 5. The molecule has 1 saturated heterocycles. The summed E-state index contributed by atoms with van der Waals surface area (Å²) < 4.78 is 1.55. The molecule has 100 valence electrons. The summed E-state index contributed by atoms with van der Waals surface area (Å²) >= 11 is 1.37. The molecule has 1 aliphatic rings. The molecule has 1 N–H and O–H groups in total. The number of carboxylic acid groups (broad SMARTS) is 1. The first kappa shape index (κ1) is 12.0. The van der Waals surface area contributed by atoms with Gasteiger partial charge in [0.2, 0.25) is 5.91 Å². The molecule has 3 heterocycles. The quantitative estimate of drug-likeness (QED) is 0.860. The molecule has 7 nitrogen and oxygen atoms in total. The summed E-state index contributed by atoms with van der Waals surface area (Å²) in [6.45, 7) is 1.33. The molecule has 0 atom stereocenters. The summed E-state index contributed by atoms with van der Waals surface area (Å²) in [5, 5.41) is 11.1. The lowest BCUT2D eigenvalue weighted by molar-refractivity contribution is -0.129. The van der Waals surface area contributed by atoms with E-state index in [0.717, 1.165) is 0 Å². The Kier molecular flexibility index (Phi) is 2.67. The van der Waals surface area contributed by atoms with Crippen molar-refractivity contribution in [3.05, 3.63) is 17.3 Å². The van der Waals surface area contributed by atoms with E-state index in [1.54, 1.807) is 32.8 Å². The van der Waals surface area contributed by atoms with Crippen molar-refractivity contribution in [2.24, 2.45) is 0 Å². The molecule has 1 fully saturated rings. The van der Waals surface area contributed by atoms with Gasteiger partial charge in [-0.1, -0.05) is 0 Å². The largest absolute Gasteiger partial charge is 0.476 e. The topological polar surface area (TPSA) is 78.2 Å². The third kappa shape index (κ3) is 1.84. The van der Waals surface area contributed by atoms with Gasteiger partial charge >= 0.3 is 5.97 Å². The number of piperazine rings is 1. The van der Waals surface area contributed by atoms with Crippen LogP contribution in [0.3, 0.4) is 0 Å². The van der Waals surface area contributed by atoms with Crippen LogP contribution in [-0.2, 0) is 4.79 Å². The summed E-state index contributed by atoms with van der Waals surface area (Å²) in [6, 6.07) is 0. The summed E-state index contributed by atoms with van der Waals surface area (Å²) in [6.07, 6.45) is 1.68. The van der Waals surface area contributed by atoms with Crippen molar-refractivity contribution in [3.8, 4) is 0 Å². The fraction of sp³-hybridized carbons (Fsp3) is 0.364. The van der Waals surface area contributed by atoms with Crippen LogP contribution in [0, 0.1) is 0 Å². The van der Waals surface area contributed by atoms with Crippen LogP contribution in [0.1, 0.15) is 10.5 Å². The van der Waals surface area contributed by atoms with E-state index in [-0.39, 0.29) is 18.1 Å². The number of fused-ring (bicyclic) bond motifs is 1. The first-order valence-corrected chi connectivity index (χ1v) is 6.63. The molecule has 0 spiro atoms. The number of carbonyl (C=O) groups is 2. The minimum absolute atomic E-state index is 0.0288. The van der Waals surface area contributed by atoms with Crippen molar-refractivity contribution in [2.75, 3.05) is 31.6 Å². The zero-order valence-electron chi connectivity index (χ0n) is 10.2. The maximum absolute atomic E-state index is 11.7. The number of thiazole rings is 1. The zero-order chi connectivity index (χ0) is 13.6. The molecule has 8 heteroatoms. The second-order valence-electron chi connectivity index (χ2n) is 4.38. The Hall–Kier alpha value is -2.09. The van der Waals surface area contributed by atoms with Crippen molar-refractivity contribution in [1.29, 1.82) is 0 Å². The highest BCUT2D eigenvalue weighted by atomic mass is 32.1. The van der Waals surface area contributed by atoms with Gasteiger partial charge < -0.3 is 14.9 Å². The number of aromatic nitrogens is 2. The van der Waals surface area contributed by atoms with Gasteiger partial charge in [0.1, 0.15) is 0 Å². The van der Waals surface area contributed by atoms with Gasteiger partial charge in [0.05, 0.1) is 6.54 Å². The number of aromatic carboxylic acids is 1. The lowest BCUT2D eigenvalue weighted by Crippen LogP contribution is -2.49. The highest BCUT2D eigenvalue weighted by Gasteiger charge is 2.28. The SMILES string of the molecule is CN1CCN(c2nc3sccn3c2C(=O)O)CC1=O. The van der Waals surface area contributed by atoms with Crippen LogP contribution >= 0.6 is 11.3 Å². The number of hydrogen-bond donors (Lipinski definition) is 1. The summed E-state index contributed by atoms with van der Waals surface area (Å²) in [5.41, 5.74) is 0.119. The number of rotatable bonds is 2. The highest BCUT2D eigenvalue weighted by molar-refractivity contribution is 7.15. The average Bonchev–Trinajstić information content (AvgIpc) is 2.91. The molecule has 1 amide bonds. The zero-order valence-corrected chi connectivity index (χ0v) is 11.1. The van der Waals surface area contributed by atoms with Gasteiger partial charge in [-0.05, 0) is 0 Å². The van der Waals surface area contributed by atoms with Crippen LogP contribution in [0.5, 0.6) is 0 Å². The highest BCUT2D eigenvalue weighted by Crippen LogP contribution is 2.25. The second-order valence-corrected chi connectivity index (χ2v) is 5.25.